The van der Waals surface area contributed by atoms with E-state index in [1.54, 1.807) is 24.3 Å². The van der Waals surface area contributed by atoms with Crippen LogP contribution in [0.5, 0.6) is 0 Å². The maximum Gasteiger partial charge on any atom is 0.232 e. The fraction of sp³-hybridized carbons (Fsp3) is 0.500. The first-order valence-corrected chi connectivity index (χ1v) is 7.42. The molecule has 0 saturated heterocycles. The minimum absolute atomic E-state index is 0.117. The summed E-state index contributed by atoms with van der Waals surface area (Å²) in [5.41, 5.74) is 1.33. The molecule has 0 aromatic heterocycles. The van der Waals surface area contributed by atoms with E-state index in [4.69, 9.17) is 0 Å². The highest BCUT2D eigenvalue weighted by Crippen LogP contribution is 2.19. The van der Waals surface area contributed by atoms with Gasteiger partial charge in [0, 0.05) is 5.69 Å². The van der Waals surface area contributed by atoms with Crippen LogP contribution in [-0.4, -0.2) is 19.3 Å². The summed E-state index contributed by atoms with van der Waals surface area (Å²) in [6, 6.07) is 6.80. The minimum Gasteiger partial charge on any atom is -0.388 e. The third-order valence-corrected chi connectivity index (χ3v) is 3.92. The van der Waals surface area contributed by atoms with Gasteiger partial charge in [0.25, 0.3) is 0 Å². The second-order valence-corrected chi connectivity index (χ2v) is 5.81. The minimum atomic E-state index is -3.24. The molecule has 17 heavy (non-hydrogen) atoms. The number of aliphatic hydroxyl groups is 1. The molecule has 0 aliphatic carbocycles. The largest absolute Gasteiger partial charge is 0.388 e. The van der Waals surface area contributed by atoms with Crippen molar-refractivity contribution in [3.8, 4) is 0 Å². The topological polar surface area (TPSA) is 66.4 Å². The van der Waals surface area contributed by atoms with E-state index in [0.717, 1.165) is 5.56 Å². The molecule has 0 saturated carbocycles. The Balaban J connectivity index is 2.75. The highest BCUT2D eigenvalue weighted by molar-refractivity contribution is 7.92. The van der Waals surface area contributed by atoms with E-state index in [-0.39, 0.29) is 5.75 Å². The van der Waals surface area contributed by atoms with Gasteiger partial charge in [-0.05, 0) is 30.5 Å². The molecule has 0 heterocycles. The summed E-state index contributed by atoms with van der Waals surface area (Å²) in [6.07, 6.45) is 0.736. The summed E-state index contributed by atoms with van der Waals surface area (Å²) >= 11 is 0. The Bertz CT molecular complexity index is 439. The van der Waals surface area contributed by atoms with Crippen molar-refractivity contribution in [3.05, 3.63) is 29.8 Å². The zero-order valence-corrected chi connectivity index (χ0v) is 11.0. The Morgan fingerprint density at radius 2 is 1.82 bits per heavy atom. The van der Waals surface area contributed by atoms with Crippen molar-refractivity contribution in [1.29, 1.82) is 0 Å². The van der Waals surface area contributed by atoms with Crippen molar-refractivity contribution in [2.24, 2.45) is 0 Å². The number of hydrogen-bond donors (Lipinski definition) is 2. The first-order chi connectivity index (χ1) is 7.98. The molecule has 0 aliphatic rings. The molecule has 4 nitrogen and oxygen atoms in total. The van der Waals surface area contributed by atoms with Gasteiger partial charge in [-0.25, -0.2) is 8.42 Å². The van der Waals surface area contributed by atoms with Gasteiger partial charge < -0.3 is 5.11 Å². The number of hydrogen-bond acceptors (Lipinski definition) is 3. The van der Waals surface area contributed by atoms with Crippen molar-refractivity contribution in [3.63, 3.8) is 0 Å². The normalized spacial score (nSPS) is 13.4. The monoisotopic (exact) mass is 257 g/mol. The fourth-order valence-corrected chi connectivity index (χ4v) is 2.64. The van der Waals surface area contributed by atoms with Gasteiger partial charge in [0.1, 0.15) is 0 Å². The lowest BCUT2D eigenvalue weighted by Gasteiger charge is -2.10. The molecule has 0 unspecified atom stereocenters. The van der Waals surface area contributed by atoms with Gasteiger partial charge in [0.2, 0.25) is 10.0 Å². The first kappa shape index (κ1) is 14.0. The molecule has 0 fully saturated rings. The number of rotatable bonds is 6. The lowest BCUT2D eigenvalue weighted by Crippen LogP contribution is -2.16. The molecular formula is C12H19NO3S. The second kappa shape index (κ2) is 6.02. The number of anilines is 1. The highest BCUT2D eigenvalue weighted by atomic mass is 32.2. The molecule has 1 rings (SSSR count). The predicted molar refractivity (Wildman–Crippen MR) is 69.4 cm³/mol. The van der Waals surface area contributed by atoms with Crippen LogP contribution in [0.25, 0.3) is 0 Å². The van der Waals surface area contributed by atoms with E-state index in [2.05, 4.69) is 4.72 Å². The first-order valence-electron chi connectivity index (χ1n) is 5.77. The van der Waals surface area contributed by atoms with Crippen LogP contribution in [0, 0.1) is 0 Å². The van der Waals surface area contributed by atoms with Crippen LogP contribution in [0.4, 0.5) is 5.69 Å². The molecule has 5 heteroatoms. The Kier molecular flexibility index (Phi) is 4.96. The van der Waals surface area contributed by atoms with Gasteiger partial charge in [-0.2, -0.15) is 0 Å². The molecule has 0 amide bonds. The molecule has 1 aromatic rings. The van der Waals surface area contributed by atoms with Crippen molar-refractivity contribution in [2.45, 2.75) is 32.8 Å². The summed E-state index contributed by atoms with van der Waals surface area (Å²) in [6.45, 7) is 3.71. The molecule has 1 aromatic carbocycles. The molecule has 0 bridgehead atoms. The summed E-state index contributed by atoms with van der Waals surface area (Å²) in [5.74, 6) is 0.117. The Morgan fingerprint density at radius 1 is 1.24 bits per heavy atom. The summed E-state index contributed by atoms with van der Waals surface area (Å²) in [4.78, 5) is 0. The molecule has 0 spiro atoms. The summed E-state index contributed by atoms with van der Waals surface area (Å²) < 4.78 is 25.5. The maximum absolute atomic E-state index is 11.5. The van der Waals surface area contributed by atoms with Crippen LogP contribution in [0.15, 0.2) is 24.3 Å². The smallest absolute Gasteiger partial charge is 0.232 e. The predicted octanol–water partition coefficient (Wildman–Crippen LogP) is 2.28. The van der Waals surface area contributed by atoms with Crippen LogP contribution < -0.4 is 4.72 Å². The average Bonchev–Trinajstić information content (AvgIpc) is 2.28. The molecular weight excluding hydrogens is 238 g/mol. The van der Waals surface area contributed by atoms with E-state index < -0.39 is 16.1 Å². The Morgan fingerprint density at radius 3 is 2.29 bits per heavy atom. The van der Waals surface area contributed by atoms with Crippen molar-refractivity contribution < 1.29 is 13.5 Å². The zero-order valence-electron chi connectivity index (χ0n) is 10.2. The van der Waals surface area contributed by atoms with Crippen molar-refractivity contribution in [2.75, 3.05) is 10.5 Å². The van der Waals surface area contributed by atoms with Crippen molar-refractivity contribution >= 4 is 15.7 Å². The second-order valence-electron chi connectivity index (χ2n) is 3.97. The van der Waals surface area contributed by atoms with E-state index in [1.807, 2.05) is 13.8 Å². The van der Waals surface area contributed by atoms with Gasteiger partial charge in [-0.15, -0.1) is 0 Å². The van der Waals surface area contributed by atoms with Gasteiger partial charge in [0.15, 0.2) is 0 Å². The van der Waals surface area contributed by atoms with Crippen LogP contribution in [0.1, 0.15) is 38.4 Å². The van der Waals surface area contributed by atoms with E-state index in [0.29, 0.717) is 18.5 Å². The van der Waals surface area contributed by atoms with E-state index >= 15 is 0 Å². The highest BCUT2D eigenvalue weighted by Gasteiger charge is 2.09. The van der Waals surface area contributed by atoms with Crippen molar-refractivity contribution in [1.82, 2.24) is 0 Å². The fourth-order valence-electron chi connectivity index (χ4n) is 1.51. The van der Waals surface area contributed by atoms with Crippen LogP contribution in [0.3, 0.4) is 0 Å². The Labute approximate surface area is 103 Å². The SMILES string of the molecule is CCCS(=O)(=O)Nc1ccc([C@H](O)CC)cc1. The van der Waals surface area contributed by atoms with Crippen LogP contribution in [-0.2, 0) is 10.0 Å². The van der Waals surface area contributed by atoms with Gasteiger partial charge in [-0.1, -0.05) is 26.0 Å². The van der Waals surface area contributed by atoms with Gasteiger partial charge in [0.05, 0.1) is 11.9 Å². The molecule has 96 valence electrons. The van der Waals surface area contributed by atoms with Gasteiger partial charge in [-0.3, -0.25) is 4.72 Å². The van der Waals surface area contributed by atoms with Gasteiger partial charge >= 0.3 is 0 Å². The maximum atomic E-state index is 11.5. The lowest BCUT2D eigenvalue weighted by molar-refractivity contribution is 0.173. The quantitative estimate of drug-likeness (QED) is 0.821. The molecule has 0 radical (unpaired) electrons. The number of benzene rings is 1. The lowest BCUT2D eigenvalue weighted by atomic mass is 10.1. The van der Waals surface area contributed by atoms with Crippen LogP contribution >= 0.6 is 0 Å². The number of nitrogens with one attached hydrogen (secondary N) is 1. The van der Waals surface area contributed by atoms with E-state index in [9.17, 15) is 13.5 Å². The van der Waals surface area contributed by atoms with E-state index in [1.165, 1.54) is 0 Å². The average molecular weight is 257 g/mol. The third-order valence-electron chi connectivity index (χ3n) is 2.43. The Hall–Kier alpha value is -1.07. The van der Waals surface area contributed by atoms with Crippen LogP contribution in [0.2, 0.25) is 0 Å². The number of sulfonamides is 1. The number of aliphatic hydroxyl groups excluding tert-OH is 1. The molecule has 0 aliphatic heterocycles. The molecule has 2 N–H and O–H groups in total. The standard InChI is InChI=1S/C12H19NO3S/c1-3-9-17(15,16)13-11-7-5-10(6-8-11)12(14)4-2/h5-8,12-14H,3-4,9H2,1-2H3/t12-/m1/s1. The summed E-state index contributed by atoms with van der Waals surface area (Å²) in [5, 5.41) is 9.60. The summed E-state index contributed by atoms with van der Waals surface area (Å²) in [7, 11) is -3.24. The molecule has 1 atom stereocenters. The third kappa shape index (κ3) is 4.36. The zero-order chi connectivity index (χ0) is 12.9.